The molecule has 2 rings (SSSR count). The number of furan rings is 1. The zero-order valence-corrected chi connectivity index (χ0v) is 9.17. The quantitative estimate of drug-likeness (QED) is 0.917. The van der Waals surface area contributed by atoms with Gasteiger partial charge in [0.15, 0.2) is 10.4 Å². The number of hydrogen-bond donors (Lipinski definition) is 1. The highest BCUT2D eigenvalue weighted by Crippen LogP contribution is 2.29. The predicted octanol–water partition coefficient (Wildman–Crippen LogP) is 2.42. The number of halogens is 1. The second kappa shape index (κ2) is 3.98. The van der Waals surface area contributed by atoms with E-state index in [1.54, 1.807) is 12.5 Å². The highest BCUT2D eigenvalue weighted by atomic mass is 79.9. The van der Waals surface area contributed by atoms with Gasteiger partial charge in [-0.05, 0) is 29.0 Å². The first-order valence-corrected chi connectivity index (χ1v) is 4.93. The van der Waals surface area contributed by atoms with Gasteiger partial charge in [-0.25, -0.2) is 4.98 Å². The van der Waals surface area contributed by atoms with Crippen molar-refractivity contribution >= 4 is 15.9 Å². The second-order valence-electron chi connectivity index (χ2n) is 2.76. The standard InChI is InChI=1S/C9H9BrN2O2/c1-11-5-8-12-4-7(14-8)6-2-3-13-9(6)10/h2-4,11H,5H2,1H3. The molecule has 0 saturated carbocycles. The van der Waals surface area contributed by atoms with E-state index >= 15 is 0 Å². The van der Waals surface area contributed by atoms with Gasteiger partial charge in [0.25, 0.3) is 0 Å². The summed E-state index contributed by atoms with van der Waals surface area (Å²) in [6, 6.07) is 1.83. The van der Waals surface area contributed by atoms with Crippen LogP contribution >= 0.6 is 15.9 Å². The molecule has 0 spiro atoms. The third kappa shape index (κ3) is 1.73. The van der Waals surface area contributed by atoms with E-state index < -0.39 is 0 Å². The van der Waals surface area contributed by atoms with E-state index in [0.717, 1.165) is 5.56 Å². The fourth-order valence-electron chi connectivity index (χ4n) is 1.14. The number of aromatic nitrogens is 1. The minimum Gasteiger partial charge on any atom is -0.457 e. The van der Waals surface area contributed by atoms with Crippen molar-refractivity contribution in [1.82, 2.24) is 10.3 Å². The fourth-order valence-corrected chi connectivity index (χ4v) is 1.57. The Morgan fingerprint density at radius 2 is 2.43 bits per heavy atom. The molecule has 2 heterocycles. The zero-order valence-electron chi connectivity index (χ0n) is 7.58. The first-order valence-electron chi connectivity index (χ1n) is 4.14. The molecule has 0 unspecified atom stereocenters. The Bertz CT molecular complexity index is 422. The van der Waals surface area contributed by atoms with Gasteiger partial charge in [-0.1, -0.05) is 0 Å². The molecule has 0 bridgehead atoms. The lowest BCUT2D eigenvalue weighted by Crippen LogP contribution is -2.04. The Morgan fingerprint density at radius 3 is 3.07 bits per heavy atom. The van der Waals surface area contributed by atoms with E-state index in [1.165, 1.54) is 0 Å². The molecule has 74 valence electrons. The van der Waals surface area contributed by atoms with E-state index in [-0.39, 0.29) is 0 Å². The molecule has 5 heteroatoms. The lowest BCUT2D eigenvalue weighted by molar-refractivity contribution is 0.488. The largest absolute Gasteiger partial charge is 0.457 e. The molecule has 1 N–H and O–H groups in total. The average Bonchev–Trinajstić information content (AvgIpc) is 2.74. The van der Waals surface area contributed by atoms with Crippen LogP contribution < -0.4 is 5.32 Å². The molecule has 2 aromatic rings. The molecule has 0 amide bonds. The van der Waals surface area contributed by atoms with Crippen molar-refractivity contribution in [2.75, 3.05) is 7.05 Å². The molecule has 0 aliphatic heterocycles. The van der Waals surface area contributed by atoms with Crippen molar-refractivity contribution < 1.29 is 8.83 Å². The number of hydrogen-bond acceptors (Lipinski definition) is 4. The van der Waals surface area contributed by atoms with Crippen LogP contribution in [0.4, 0.5) is 0 Å². The summed E-state index contributed by atoms with van der Waals surface area (Å²) in [4.78, 5) is 4.11. The first-order chi connectivity index (χ1) is 6.81. The van der Waals surface area contributed by atoms with Gasteiger partial charge in [0.05, 0.1) is 24.6 Å². The van der Waals surface area contributed by atoms with Gasteiger partial charge in [-0.3, -0.25) is 0 Å². The third-order valence-electron chi connectivity index (χ3n) is 1.77. The minimum absolute atomic E-state index is 0.621. The zero-order chi connectivity index (χ0) is 9.97. The van der Waals surface area contributed by atoms with Crippen molar-refractivity contribution in [3.63, 3.8) is 0 Å². The molecule has 2 aromatic heterocycles. The summed E-state index contributed by atoms with van der Waals surface area (Å²) in [6.45, 7) is 0.621. The average molecular weight is 257 g/mol. The SMILES string of the molecule is CNCc1ncc(-c2ccoc2Br)o1. The smallest absolute Gasteiger partial charge is 0.208 e. The van der Waals surface area contributed by atoms with Gasteiger partial charge >= 0.3 is 0 Å². The van der Waals surface area contributed by atoms with Crippen molar-refractivity contribution in [2.24, 2.45) is 0 Å². The molecule has 0 radical (unpaired) electrons. The van der Waals surface area contributed by atoms with Crippen LogP contribution in [0.3, 0.4) is 0 Å². The van der Waals surface area contributed by atoms with Gasteiger partial charge in [0.2, 0.25) is 5.89 Å². The maximum Gasteiger partial charge on any atom is 0.208 e. The lowest BCUT2D eigenvalue weighted by atomic mass is 10.3. The number of oxazole rings is 1. The van der Waals surface area contributed by atoms with Crippen LogP contribution in [0.25, 0.3) is 11.3 Å². The Morgan fingerprint density at radius 1 is 1.57 bits per heavy atom. The second-order valence-corrected chi connectivity index (χ2v) is 3.48. The van der Waals surface area contributed by atoms with Crippen LogP contribution in [0.1, 0.15) is 5.89 Å². The Labute approximate surface area is 89.4 Å². The summed E-state index contributed by atoms with van der Waals surface area (Å²) in [5.74, 6) is 1.37. The van der Waals surface area contributed by atoms with E-state index in [2.05, 4.69) is 26.2 Å². The topological polar surface area (TPSA) is 51.2 Å². The Hall–Kier alpha value is -1.07. The molecule has 0 atom stereocenters. The summed E-state index contributed by atoms with van der Waals surface area (Å²) in [7, 11) is 1.84. The normalized spacial score (nSPS) is 10.7. The summed E-state index contributed by atoms with van der Waals surface area (Å²) in [5, 5.41) is 2.97. The molecule has 14 heavy (non-hydrogen) atoms. The summed E-state index contributed by atoms with van der Waals surface area (Å²) < 4.78 is 11.2. The maximum absolute atomic E-state index is 5.49. The van der Waals surface area contributed by atoms with Crippen LogP contribution in [-0.4, -0.2) is 12.0 Å². The highest BCUT2D eigenvalue weighted by Gasteiger charge is 2.10. The molecule has 0 aliphatic rings. The van der Waals surface area contributed by atoms with Gasteiger partial charge in [0.1, 0.15) is 0 Å². The number of nitrogens with one attached hydrogen (secondary N) is 1. The first kappa shape index (κ1) is 9.48. The molecule has 0 aliphatic carbocycles. The van der Waals surface area contributed by atoms with Crippen LogP contribution in [0.15, 0.2) is 32.0 Å². The van der Waals surface area contributed by atoms with E-state index in [9.17, 15) is 0 Å². The van der Waals surface area contributed by atoms with Crippen LogP contribution in [0.2, 0.25) is 0 Å². The number of nitrogens with zero attached hydrogens (tertiary/aromatic N) is 1. The molecular formula is C9H9BrN2O2. The Balaban J connectivity index is 2.29. The van der Waals surface area contributed by atoms with Crippen molar-refractivity contribution in [3.8, 4) is 11.3 Å². The van der Waals surface area contributed by atoms with Crippen molar-refractivity contribution in [1.29, 1.82) is 0 Å². The van der Waals surface area contributed by atoms with Gasteiger partial charge in [0, 0.05) is 0 Å². The third-order valence-corrected chi connectivity index (χ3v) is 2.38. The predicted molar refractivity (Wildman–Crippen MR) is 54.7 cm³/mol. The van der Waals surface area contributed by atoms with Crippen LogP contribution in [0.5, 0.6) is 0 Å². The molecule has 0 saturated heterocycles. The highest BCUT2D eigenvalue weighted by molar-refractivity contribution is 9.10. The van der Waals surface area contributed by atoms with Gasteiger partial charge in [-0.2, -0.15) is 0 Å². The monoisotopic (exact) mass is 256 g/mol. The van der Waals surface area contributed by atoms with E-state index in [4.69, 9.17) is 8.83 Å². The Kier molecular flexibility index (Phi) is 2.69. The minimum atomic E-state index is 0.621. The van der Waals surface area contributed by atoms with E-state index in [1.807, 2.05) is 13.1 Å². The summed E-state index contributed by atoms with van der Waals surface area (Å²) in [6.07, 6.45) is 3.28. The van der Waals surface area contributed by atoms with Crippen molar-refractivity contribution in [2.45, 2.75) is 6.54 Å². The van der Waals surface area contributed by atoms with Gasteiger partial charge in [-0.15, -0.1) is 0 Å². The van der Waals surface area contributed by atoms with Gasteiger partial charge < -0.3 is 14.2 Å². The van der Waals surface area contributed by atoms with Crippen LogP contribution in [0, 0.1) is 0 Å². The summed E-state index contributed by atoms with van der Waals surface area (Å²) >= 11 is 3.28. The molecular weight excluding hydrogens is 248 g/mol. The van der Waals surface area contributed by atoms with Crippen molar-refractivity contribution in [3.05, 3.63) is 29.1 Å². The molecule has 0 fully saturated rings. The molecule has 4 nitrogen and oxygen atoms in total. The maximum atomic E-state index is 5.49. The van der Waals surface area contributed by atoms with E-state index in [0.29, 0.717) is 22.9 Å². The van der Waals surface area contributed by atoms with Crippen LogP contribution in [-0.2, 0) is 6.54 Å². The fraction of sp³-hybridized carbons (Fsp3) is 0.222. The number of rotatable bonds is 3. The summed E-state index contributed by atoms with van der Waals surface area (Å²) in [5.41, 5.74) is 0.875. The molecule has 0 aromatic carbocycles. The lowest BCUT2D eigenvalue weighted by Gasteiger charge is -1.92.